The molecular weight excluding hydrogens is 306 g/mol. The predicted octanol–water partition coefficient (Wildman–Crippen LogP) is 1.55. The Morgan fingerprint density at radius 3 is 2.50 bits per heavy atom. The van der Waals surface area contributed by atoms with Crippen molar-refractivity contribution in [2.45, 2.75) is 38.1 Å². The topological polar surface area (TPSA) is 92.7 Å². The first-order valence-electron chi connectivity index (χ1n) is 6.93. The number of carbonyl (C=O) groups excluding carboxylic acids is 1. The number of nitrogens with one attached hydrogen (secondary N) is 1. The van der Waals surface area contributed by atoms with Gasteiger partial charge in [-0.15, -0.1) is 0 Å². The van der Waals surface area contributed by atoms with Crippen molar-refractivity contribution in [1.82, 2.24) is 4.72 Å². The smallest absolute Gasteiger partial charge is 0.337 e. The zero-order valence-electron chi connectivity index (χ0n) is 13.3. The molecule has 1 aromatic carbocycles. The Morgan fingerprint density at radius 1 is 1.36 bits per heavy atom. The average molecular weight is 329 g/mol. The first kappa shape index (κ1) is 18.6. The lowest BCUT2D eigenvalue weighted by atomic mass is 9.86. The Balaban J connectivity index is 3.11. The molecular formula is C15H23NO5S. The van der Waals surface area contributed by atoms with Crippen molar-refractivity contribution in [3.8, 4) is 0 Å². The Bertz CT molecular complexity index is 619. The van der Waals surface area contributed by atoms with E-state index in [-0.39, 0.29) is 22.5 Å². The van der Waals surface area contributed by atoms with Crippen LogP contribution in [0.25, 0.3) is 0 Å². The molecule has 1 rings (SSSR count). The molecule has 0 radical (unpaired) electrons. The number of aliphatic hydroxyl groups is 1. The Hall–Kier alpha value is -1.44. The standard InChI is InChI=1S/C15H23NO5S/c1-15(2,3)13(8-9-17)16-22(19,20)12-7-5-6-11(10-12)14(18)21-4/h5-7,10,13,16-17H,8-9H2,1-4H3/t13-/m1/s1. The maximum absolute atomic E-state index is 12.5. The fourth-order valence-electron chi connectivity index (χ4n) is 1.96. The summed E-state index contributed by atoms with van der Waals surface area (Å²) in [7, 11) is -2.56. The van der Waals surface area contributed by atoms with E-state index < -0.39 is 22.0 Å². The lowest BCUT2D eigenvalue weighted by Gasteiger charge is -2.30. The van der Waals surface area contributed by atoms with Crippen molar-refractivity contribution < 1.29 is 23.1 Å². The molecule has 0 aliphatic carbocycles. The van der Waals surface area contributed by atoms with Gasteiger partial charge in [0.1, 0.15) is 0 Å². The summed E-state index contributed by atoms with van der Waals surface area (Å²) < 4.78 is 32.2. The van der Waals surface area contributed by atoms with Crippen LogP contribution >= 0.6 is 0 Å². The molecule has 0 fully saturated rings. The second-order valence-electron chi connectivity index (χ2n) is 6.07. The van der Waals surface area contributed by atoms with Crippen molar-refractivity contribution in [3.63, 3.8) is 0 Å². The van der Waals surface area contributed by atoms with Gasteiger partial charge in [-0.2, -0.15) is 0 Å². The van der Waals surface area contributed by atoms with Crippen LogP contribution in [-0.4, -0.2) is 39.3 Å². The summed E-state index contributed by atoms with van der Waals surface area (Å²) in [6, 6.07) is 5.23. The van der Waals surface area contributed by atoms with E-state index in [0.29, 0.717) is 6.42 Å². The van der Waals surface area contributed by atoms with E-state index in [4.69, 9.17) is 5.11 Å². The zero-order valence-corrected chi connectivity index (χ0v) is 14.1. The van der Waals surface area contributed by atoms with Gasteiger partial charge in [-0.1, -0.05) is 26.8 Å². The van der Waals surface area contributed by atoms with Crippen molar-refractivity contribution in [2.24, 2.45) is 5.41 Å². The van der Waals surface area contributed by atoms with Crippen LogP contribution in [0, 0.1) is 5.41 Å². The molecule has 6 nitrogen and oxygen atoms in total. The molecule has 0 saturated carbocycles. The van der Waals surface area contributed by atoms with Gasteiger partial charge in [0.05, 0.1) is 17.6 Å². The van der Waals surface area contributed by atoms with Crippen LogP contribution < -0.4 is 4.72 Å². The molecule has 0 amide bonds. The highest BCUT2D eigenvalue weighted by atomic mass is 32.2. The average Bonchev–Trinajstić information content (AvgIpc) is 2.45. The molecule has 0 aromatic heterocycles. The summed E-state index contributed by atoms with van der Waals surface area (Å²) in [6.07, 6.45) is 0.305. The molecule has 0 saturated heterocycles. The van der Waals surface area contributed by atoms with Gasteiger partial charge in [-0.25, -0.2) is 17.9 Å². The second-order valence-corrected chi connectivity index (χ2v) is 7.79. The zero-order chi connectivity index (χ0) is 17.0. The van der Waals surface area contributed by atoms with E-state index in [9.17, 15) is 13.2 Å². The molecule has 22 heavy (non-hydrogen) atoms. The summed E-state index contributed by atoms with van der Waals surface area (Å²) >= 11 is 0. The van der Waals surface area contributed by atoms with Gasteiger partial charge < -0.3 is 9.84 Å². The second kappa shape index (κ2) is 7.21. The fraction of sp³-hybridized carbons (Fsp3) is 0.533. The lowest BCUT2D eigenvalue weighted by Crippen LogP contribution is -2.44. The summed E-state index contributed by atoms with van der Waals surface area (Å²) in [6.45, 7) is 5.55. The van der Waals surface area contributed by atoms with E-state index in [1.54, 1.807) is 0 Å². The van der Waals surface area contributed by atoms with Gasteiger partial charge in [-0.3, -0.25) is 0 Å². The first-order valence-corrected chi connectivity index (χ1v) is 8.41. The maximum Gasteiger partial charge on any atom is 0.337 e. The number of ether oxygens (including phenoxy) is 1. The van der Waals surface area contributed by atoms with Gasteiger partial charge in [0.25, 0.3) is 0 Å². The first-order chi connectivity index (χ1) is 10.1. The molecule has 0 aliphatic heterocycles. The number of carbonyl (C=O) groups is 1. The van der Waals surface area contributed by atoms with Crippen molar-refractivity contribution in [1.29, 1.82) is 0 Å². The Labute approximate surface area is 131 Å². The number of rotatable bonds is 6. The third-order valence-electron chi connectivity index (χ3n) is 3.33. The number of methoxy groups -OCH3 is 1. The molecule has 1 atom stereocenters. The summed E-state index contributed by atoms with van der Waals surface area (Å²) in [5.41, 5.74) is -0.185. The fourth-order valence-corrected chi connectivity index (χ4v) is 3.48. The lowest BCUT2D eigenvalue weighted by molar-refractivity contribution is 0.0600. The van der Waals surface area contributed by atoms with Crippen molar-refractivity contribution in [3.05, 3.63) is 29.8 Å². The largest absolute Gasteiger partial charge is 0.465 e. The third kappa shape index (κ3) is 4.79. The number of benzene rings is 1. The van der Waals surface area contributed by atoms with E-state index in [1.807, 2.05) is 20.8 Å². The minimum absolute atomic E-state index is 0.0115. The predicted molar refractivity (Wildman–Crippen MR) is 83.0 cm³/mol. The quantitative estimate of drug-likeness (QED) is 0.773. The van der Waals surface area contributed by atoms with Gasteiger partial charge in [0.2, 0.25) is 10.0 Å². The highest BCUT2D eigenvalue weighted by molar-refractivity contribution is 7.89. The summed E-state index contributed by atoms with van der Waals surface area (Å²) in [5, 5.41) is 9.12. The van der Waals surface area contributed by atoms with Crippen LogP contribution in [0.15, 0.2) is 29.2 Å². The van der Waals surface area contributed by atoms with Crippen LogP contribution in [0.2, 0.25) is 0 Å². The monoisotopic (exact) mass is 329 g/mol. The third-order valence-corrected chi connectivity index (χ3v) is 4.80. The van der Waals surface area contributed by atoms with Crippen LogP contribution in [0.5, 0.6) is 0 Å². The van der Waals surface area contributed by atoms with Gasteiger partial charge >= 0.3 is 5.97 Å². The normalized spacial score (nSPS) is 13.7. The molecule has 1 aromatic rings. The van der Waals surface area contributed by atoms with Crippen LogP contribution in [-0.2, 0) is 14.8 Å². The van der Waals surface area contributed by atoms with Crippen LogP contribution in [0.4, 0.5) is 0 Å². The number of aliphatic hydroxyl groups excluding tert-OH is 1. The van der Waals surface area contributed by atoms with Gasteiger partial charge in [0, 0.05) is 12.6 Å². The van der Waals surface area contributed by atoms with Gasteiger partial charge in [-0.05, 0) is 30.0 Å². The van der Waals surface area contributed by atoms with Crippen LogP contribution in [0.3, 0.4) is 0 Å². The highest BCUT2D eigenvalue weighted by Gasteiger charge is 2.29. The molecule has 0 spiro atoms. The van der Waals surface area contributed by atoms with Crippen molar-refractivity contribution >= 4 is 16.0 Å². The molecule has 0 bridgehead atoms. The summed E-state index contributed by atoms with van der Waals surface area (Å²) in [5.74, 6) is -0.597. The molecule has 0 heterocycles. The van der Waals surface area contributed by atoms with Gasteiger partial charge in [0.15, 0.2) is 0 Å². The Kier molecular flexibility index (Phi) is 6.10. The highest BCUT2D eigenvalue weighted by Crippen LogP contribution is 2.24. The number of hydrogen-bond acceptors (Lipinski definition) is 5. The van der Waals surface area contributed by atoms with E-state index >= 15 is 0 Å². The van der Waals surface area contributed by atoms with E-state index in [0.717, 1.165) is 0 Å². The maximum atomic E-state index is 12.5. The number of hydrogen-bond donors (Lipinski definition) is 2. The Morgan fingerprint density at radius 2 is 2.00 bits per heavy atom. The SMILES string of the molecule is COC(=O)c1cccc(S(=O)(=O)N[C@H](CCO)C(C)(C)C)c1. The van der Waals surface area contributed by atoms with E-state index in [2.05, 4.69) is 9.46 Å². The molecule has 0 unspecified atom stereocenters. The molecule has 124 valence electrons. The van der Waals surface area contributed by atoms with E-state index in [1.165, 1.54) is 31.4 Å². The van der Waals surface area contributed by atoms with Crippen molar-refractivity contribution in [2.75, 3.05) is 13.7 Å². The number of esters is 1. The minimum atomic E-state index is -3.80. The summed E-state index contributed by atoms with van der Waals surface area (Å²) in [4.78, 5) is 11.5. The van der Waals surface area contributed by atoms with Crippen LogP contribution in [0.1, 0.15) is 37.6 Å². The molecule has 0 aliphatic rings. The molecule has 2 N–H and O–H groups in total. The molecule has 7 heteroatoms. The minimum Gasteiger partial charge on any atom is -0.465 e. The number of sulfonamides is 1.